The van der Waals surface area contributed by atoms with Crippen LogP contribution in [0.15, 0.2) is 53.0 Å². The van der Waals surface area contributed by atoms with Gasteiger partial charge in [0, 0.05) is 27.0 Å². The molecule has 3 aromatic rings. The van der Waals surface area contributed by atoms with Gasteiger partial charge in [0.15, 0.2) is 0 Å². The van der Waals surface area contributed by atoms with E-state index in [2.05, 4.69) is 33.4 Å². The molecular formula is C16H12BrNO2S. The maximum Gasteiger partial charge on any atom is 0.345 e. The Bertz CT molecular complexity index is 813. The van der Waals surface area contributed by atoms with Crippen LogP contribution in [0.3, 0.4) is 0 Å². The minimum atomic E-state index is -0.875. The maximum atomic E-state index is 10.9. The molecule has 2 N–H and O–H groups in total. The Morgan fingerprint density at radius 1 is 1.10 bits per heavy atom. The summed E-state index contributed by atoms with van der Waals surface area (Å²) in [7, 11) is 0. The van der Waals surface area contributed by atoms with Gasteiger partial charge in [-0.3, -0.25) is 0 Å². The van der Waals surface area contributed by atoms with Crippen LogP contribution in [0.2, 0.25) is 0 Å². The Hall–Kier alpha value is -1.85. The van der Waals surface area contributed by atoms with Crippen LogP contribution in [0.5, 0.6) is 0 Å². The molecule has 0 aliphatic carbocycles. The number of fused-ring (bicyclic) bond motifs is 1. The summed E-state index contributed by atoms with van der Waals surface area (Å²) in [4.78, 5) is 12.3. The number of hydrogen-bond donors (Lipinski definition) is 2. The Labute approximate surface area is 134 Å². The Kier molecular flexibility index (Phi) is 3.94. The zero-order valence-corrected chi connectivity index (χ0v) is 13.4. The quantitative estimate of drug-likeness (QED) is 0.689. The Balaban J connectivity index is 1.85. The highest BCUT2D eigenvalue weighted by Gasteiger charge is 2.08. The van der Waals surface area contributed by atoms with E-state index in [1.54, 1.807) is 6.07 Å². The average Bonchev–Trinajstić information content (AvgIpc) is 2.96. The molecule has 0 atom stereocenters. The smallest absolute Gasteiger partial charge is 0.345 e. The lowest BCUT2D eigenvalue weighted by molar-refractivity contribution is 0.0702. The van der Waals surface area contributed by atoms with Crippen molar-refractivity contribution in [3.05, 3.63) is 62.8 Å². The van der Waals surface area contributed by atoms with Gasteiger partial charge in [0.2, 0.25) is 0 Å². The molecule has 0 aliphatic heterocycles. The third kappa shape index (κ3) is 2.94. The number of anilines is 1. The second kappa shape index (κ2) is 5.87. The summed E-state index contributed by atoms with van der Waals surface area (Å²) in [6.45, 7) is 0.615. The van der Waals surface area contributed by atoms with Gasteiger partial charge in [0.05, 0.1) is 0 Å². The molecule has 21 heavy (non-hydrogen) atoms. The Morgan fingerprint density at radius 3 is 2.57 bits per heavy atom. The number of carbonyl (C=O) groups is 1. The lowest BCUT2D eigenvalue weighted by Gasteiger charge is -2.10. The molecule has 3 rings (SSSR count). The van der Waals surface area contributed by atoms with Crippen LogP contribution in [0.1, 0.15) is 14.5 Å². The zero-order chi connectivity index (χ0) is 14.8. The number of carboxylic acid groups (broad SMARTS) is 1. The van der Waals surface area contributed by atoms with Crippen molar-refractivity contribution >= 4 is 49.7 Å². The highest BCUT2D eigenvalue weighted by atomic mass is 79.9. The van der Waals surface area contributed by atoms with E-state index in [1.165, 1.54) is 11.3 Å². The fraction of sp³-hybridized carbons (Fsp3) is 0.0625. The fourth-order valence-corrected chi connectivity index (χ4v) is 3.45. The van der Waals surface area contributed by atoms with Gasteiger partial charge < -0.3 is 10.4 Å². The first-order valence-corrected chi connectivity index (χ1v) is 7.99. The van der Waals surface area contributed by atoms with Crippen LogP contribution in [0.25, 0.3) is 10.8 Å². The van der Waals surface area contributed by atoms with Crippen molar-refractivity contribution < 1.29 is 9.90 Å². The first-order chi connectivity index (χ1) is 10.1. The summed E-state index contributed by atoms with van der Waals surface area (Å²) in [5, 5.41) is 14.6. The first kappa shape index (κ1) is 14.1. The molecule has 0 aliphatic rings. The zero-order valence-electron chi connectivity index (χ0n) is 11.0. The van der Waals surface area contributed by atoms with Gasteiger partial charge in [0.25, 0.3) is 0 Å². The van der Waals surface area contributed by atoms with E-state index in [-0.39, 0.29) is 0 Å². The largest absolute Gasteiger partial charge is 0.477 e. The van der Waals surface area contributed by atoms with Crippen LogP contribution in [-0.4, -0.2) is 11.1 Å². The first-order valence-electron chi connectivity index (χ1n) is 6.38. The van der Waals surface area contributed by atoms with Crippen LogP contribution in [0, 0.1) is 0 Å². The minimum absolute atomic E-state index is 0.368. The molecule has 0 fully saturated rings. The van der Waals surface area contributed by atoms with Gasteiger partial charge in [0.1, 0.15) is 4.88 Å². The lowest BCUT2D eigenvalue weighted by Crippen LogP contribution is -1.98. The van der Waals surface area contributed by atoms with Gasteiger partial charge in [-0.05, 0) is 29.7 Å². The minimum Gasteiger partial charge on any atom is -0.477 e. The summed E-state index contributed by atoms with van der Waals surface area (Å²) in [6, 6.07) is 15.7. The number of rotatable bonds is 4. The number of nitrogens with one attached hydrogen (secondary N) is 1. The molecule has 0 unspecified atom stereocenters. The topological polar surface area (TPSA) is 49.3 Å². The third-order valence-corrected chi connectivity index (χ3v) is 4.96. The van der Waals surface area contributed by atoms with Gasteiger partial charge in [-0.2, -0.15) is 0 Å². The molecule has 5 heteroatoms. The van der Waals surface area contributed by atoms with Crippen molar-refractivity contribution in [1.29, 1.82) is 0 Å². The molecule has 1 heterocycles. The van der Waals surface area contributed by atoms with Crippen molar-refractivity contribution in [2.75, 3.05) is 5.32 Å². The molecule has 0 radical (unpaired) electrons. The standard InChI is InChI=1S/C16H12BrNO2S/c17-13-6-7-14(12-4-2-1-3-11(12)13)18-9-10-5-8-15(21-10)16(19)20/h1-8,18H,9H2,(H,19,20). The summed E-state index contributed by atoms with van der Waals surface area (Å²) in [6.07, 6.45) is 0. The highest BCUT2D eigenvalue weighted by molar-refractivity contribution is 9.10. The maximum absolute atomic E-state index is 10.9. The van der Waals surface area contributed by atoms with Crippen LogP contribution < -0.4 is 5.32 Å². The lowest BCUT2D eigenvalue weighted by atomic mass is 10.1. The molecule has 3 nitrogen and oxygen atoms in total. The monoisotopic (exact) mass is 361 g/mol. The molecule has 0 spiro atoms. The highest BCUT2D eigenvalue weighted by Crippen LogP contribution is 2.30. The normalized spacial score (nSPS) is 10.7. The molecule has 1 aromatic heterocycles. The van der Waals surface area contributed by atoms with Crippen LogP contribution in [0.4, 0.5) is 5.69 Å². The Morgan fingerprint density at radius 2 is 1.86 bits per heavy atom. The molecule has 0 saturated carbocycles. The molecule has 2 aromatic carbocycles. The van der Waals surface area contributed by atoms with E-state index >= 15 is 0 Å². The summed E-state index contributed by atoms with van der Waals surface area (Å²) >= 11 is 4.85. The SMILES string of the molecule is O=C(O)c1ccc(CNc2ccc(Br)c3ccccc23)s1. The number of halogens is 1. The van der Waals surface area contributed by atoms with Gasteiger partial charge >= 0.3 is 5.97 Å². The second-order valence-corrected chi connectivity index (χ2v) is 6.59. The summed E-state index contributed by atoms with van der Waals surface area (Å²) in [5.41, 5.74) is 1.04. The molecule has 0 saturated heterocycles. The van der Waals surface area contributed by atoms with Crippen molar-refractivity contribution in [3.63, 3.8) is 0 Å². The number of benzene rings is 2. The predicted octanol–water partition coefficient (Wildman–Crippen LogP) is 4.97. The van der Waals surface area contributed by atoms with E-state index in [1.807, 2.05) is 30.3 Å². The van der Waals surface area contributed by atoms with Crippen LogP contribution >= 0.6 is 27.3 Å². The average molecular weight is 362 g/mol. The van der Waals surface area contributed by atoms with Crippen LogP contribution in [-0.2, 0) is 6.54 Å². The van der Waals surface area contributed by atoms with Crippen molar-refractivity contribution in [3.8, 4) is 0 Å². The van der Waals surface area contributed by atoms with Crippen molar-refractivity contribution in [2.24, 2.45) is 0 Å². The van der Waals surface area contributed by atoms with Gasteiger partial charge in [-0.25, -0.2) is 4.79 Å². The van der Waals surface area contributed by atoms with E-state index < -0.39 is 5.97 Å². The summed E-state index contributed by atoms with van der Waals surface area (Å²) < 4.78 is 1.06. The molecule has 0 amide bonds. The second-order valence-electron chi connectivity index (χ2n) is 4.57. The molecule has 0 bridgehead atoms. The summed E-state index contributed by atoms with van der Waals surface area (Å²) in [5.74, 6) is -0.875. The van der Waals surface area contributed by atoms with E-state index in [4.69, 9.17) is 5.11 Å². The third-order valence-electron chi connectivity index (χ3n) is 3.20. The van der Waals surface area contributed by atoms with E-state index in [0.29, 0.717) is 11.4 Å². The number of thiophene rings is 1. The van der Waals surface area contributed by atoms with Crippen molar-refractivity contribution in [2.45, 2.75) is 6.54 Å². The fourth-order valence-electron chi connectivity index (χ4n) is 2.19. The van der Waals surface area contributed by atoms with E-state index in [0.717, 1.165) is 25.8 Å². The van der Waals surface area contributed by atoms with Gasteiger partial charge in [-0.15, -0.1) is 11.3 Å². The number of hydrogen-bond acceptors (Lipinski definition) is 3. The van der Waals surface area contributed by atoms with E-state index in [9.17, 15) is 4.79 Å². The number of carboxylic acids is 1. The molecule has 106 valence electrons. The molecular weight excluding hydrogens is 350 g/mol. The predicted molar refractivity (Wildman–Crippen MR) is 90.3 cm³/mol. The van der Waals surface area contributed by atoms with Crippen molar-refractivity contribution in [1.82, 2.24) is 0 Å². The van der Waals surface area contributed by atoms with Gasteiger partial charge in [-0.1, -0.05) is 40.2 Å². The number of aromatic carboxylic acids is 1.